The topological polar surface area (TPSA) is 96.6 Å². The second kappa shape index (κ2) is 6.17. The molecule has 5 rings (SSSR count). The van der Waals surface area contributed by atoms with Crippen LogP contribution in [0, 0.1) is 0 Å². The first-order valence-electron chi connectivity index (χ1n) is 9.14. The molecule has 1 aliphatic rings. The van der Waals surface area contributed by atoms with Crippen LogP contribution in [0.3, 0.4) is 0 Å². The molecular weight excluding hydrogens is 390 g/mol. The summed E-state index contributed by atoms with van der Waals surface area (Å²) < 4.78 is 34.3. The standard InChI is InChI=1S/C22H17NO5S/c24-21(25)22(13-18(22)14-6-2-1-3-7-14)23-29(26,27)15-10-11-20-17(12-15)16-8-4-5-9-19(16)28-20/h1-12,18,23H,13H2,(H,24,25)/t18-,22+/m0/s1. The Kier molecular flexibility index (Phi) is 3.81. The van der Waals surface area contributed by atoms with Gasteiger partial charge in [0.25, 0.3) is 0 Å². The maximum Gasteiger partial charge on any atom is 0.325 e. The van der Waals surface area contributed by atoms with Crippen molar-refractivity contribution in [2.24, 2.45) is 0 Å². The van der Waals surface area contributed by atoms with Crippen LogP contribution in [0.5, 0.6) is 0 Å². The Morgan fingerprint density at radius 1 is 0.966 bits per heavy atom. The summed E-state index contributed by atoms with van der Waals surface area (Å²) in [5, 5.41) is 11.3. The maximum atomic E-state index is 13.1. The number of hydrogen-bond acceptors (Lipinski definition) is 4. The fraction of sp³-hybridized carbons (Fsp3) is 0.136. The monoisotopic (exact) mass is 407 g/mol. The molecule has 29 heavy (non-hydrogen) atoms. The van der Waals surface area contributed by atoms with Crippen LogP contribution in [-0.2, 0) is 14.8 Å². The number of fused-ring (bicyclic) bond motifs is 3. The van der Waals surface area contributed by atoms with Crippen molar-refractivity contribution in [1.82, 2.24) is 4.72 Å². The Bertz CT molecular complexity index is 1360. The minimum absolute atomic E-state index is 0.0101. The summed E-state index contributed by atoms with van der Waals surface area (Å²) in [5.74, 6) is -1.58. The van der Waals surface area contributed by atoms with Crippen molar-refractivity contribution >= 4 is 37.9 Å². The summed E-state index contributed by atoms with van der Waals surface area (Å²) in [6.45, 7) is 0. The minimum Gasteiger partial charge on any atom is -0.480 e. The van der Waals surface area contributed by atoms with Gasteiger partial charge in [0.2, 0.25) is 10.0 Å². The van der Waals surface area contributed by atoms with E-state index < -0.39 is 27.4 Å². The Balaban J connectivity index is 1.54. The van der Waals surface area contributed by atoms with E-state index >= 15 is 0 Å². The van der Waals surface area contributed by atoms with Gasteiger partial charge in [0.1, 0.15) is 16.7 Å². The van der Waals surface area contributed by atoms with Crippen molar-refractivity contribution in [2.75, 3.05) is 0 Å². The van der Waals surface area contributed by atoms with Gasteiger partial charge in [-0.25, -0.2) is 8.42 Å². The lowest BCUT2D eigenvalue weighted by Gasteiger charge is -2.15. The van der Waals surface area contributed by atoms with Gasteiger partial charge in [-0.3, -0.25) is 4.79 Å². The second-order valence-electron chi connectivity index (χ2n) is 7.31. The molecule has 3 aromatic carbocycles. The highest BCUT2D eigenvalue weighted by Gasteiger charge is 2.63. The molecule has 1 fully saturated rings. The summed E-state index contributed by atoms with van der Waals surface area (Å²) in [6.07, 6.45) is 0.211. The molecule has 1 aliphatic carbocycles. The van der Waals surface area contributed by atoms with Crippen molar-refractivity contribution in [3.8, 4) is 0 Å². The Hall–Kier alpha value is -3.16. The normalized spacial score (nSPS) is 21.4. The zero-order chi connectivity index (χ0) is 20.2. The highest BCUT2D eigenvalue weighted by Crippen LogP contribution is 2.52. The highest BCUT2D eigenvalue weighted by atomic mass is 32.2. The summed E-state index contributed by atoms with van der Waals surface area (Å²) in [4.78, 5) is 12.0. The first kappa shape index (κ1) is 17.9. The average Bonchev–Trinajstić information content (AvgIpc) is 3.32. The SMILES string of the molecule is O=C(O)[C@@]1(NS(=O)(=O)c2ccc3oc4ccccc4c3c2)C[C@H]1c1ccccc1. The van der Waals surface area contributed by atoms with Gasteiger partial charge in [0.15, 0.2) is 0 Å². The van der Waals surface area contributed by atoms with E-state index in [-0.39, 0.29) is 11.3 Å². The van der Waals surface area contributed by atoms with E-state index in [0.29, 0.717) is 16.6 Å². The van der Waals surface area contributed by atoms with E-state index in [1.165, 1.54) is 12.1 Å². The summed E-state index contributed by atoms with van der Waals surface area (Å²) in [6, 6.07) is 21.0. The van der Waals surface area contributed by atoms with Crippen molar-refractivity contribution in [3.05, 3.63) is 78.4 Å². The third-order valence-corrected chi connectivity index (χ3v) is 7.03. The van der Waals surface area contributed by atoms with Crippen LogP contribution in [0.2, 0.25) is 0 Å². The number of hydrogen-bond donors (Lipinski definition) is 2. The number of furan rings is 1. The number of sulfonamides is 1. The lowest BCUT2D eigenvalue weighted by Crippen LogP contribution is -2.44. The molecular formula is C22H17NO5S. The van der Waals surface area contributed by atoms with Crippen LogP contribution in [-0.4, -0.2) is 25.0 Å². The quantitative estimate of drug-likeness (QED) is 0.523. The molecule has 0 unspecified atom stereocenters. The van der Waals surface area contributed by atoms with E-state index in [4.69, 9.17) is 4.42 Å². The molecule has 0 saturated heterocycles. The molecule has 0 amide bonds. The minimum atomic E-state index is -4.05. The molecule has 4 aromatic rings. The molecule has 6 nitrogen and oxygen atoms in total. The van der Waals surface area contributed by atoms with Gasteiger partial charge in [-0.2, -0.15) is 4.72 Å². The van der Waals surface area contributed by atoms with Gasteiger partial charge >= 0.3 is 5.97 Å². The van der Waals surface area contributed by atoms with Crippen molar-refractivity contribution in [2.45, 2.75) is 22.8 Å². The second-order valence-corrected chi connectivity index (χ2v) is 8.99. The van der Waals surface area contributed by atoms with Gasteiger partial charge in [0.05, 0.1) is 4.90 Å². The Morgan fingerprint density at radius 3 is 2.41 bits per heavy atom. The van der Waals surface area contributed by atoms with Crippen LogP contribution in [0.4, 0.5) is 0 Å². The number of aliphatic carboxylic acids is 1. The molecule has 0 aliphatic heterocycles. The number of carbonyl (C=O) groups is 1. The predicted octanol–water partition coefficient (Wildman–Crippen LogP) is 3.88. The smallest absolute Gasteiger partial charge is 0.325 e. The fourth-order valence-corrected chi connectivity index (χ4v) is 5.35. The first-order valence-corrected chi connectivity index (χ1v) is 10.6. The van der Waals surface area contributed by atoms with Gasteiger partial charge < -0.3 is 9.52 Å². The highest BCUT2D eigenvalue weighted by molar-refractivity contribution is 7.89. The third-order valence-electron chi connectivity index (χ3n) is 5.52. The lowest BCUT2D eigenvalue weighted by molar-refractivity contribution is -0.140. The van der Waals surface area contributed by atoms with E-state index in [0.717, 1.165) is 10.9 Å². The molecule has 2 atom stereocenters. The van der Waals surface area contributed by atoms with E-state index in [9.17, 15) is 18.3 Å². The Morgan fingerprint density at radius 2 is 1.66 bits per heavy atom. The molecule has 7 heteroatoms. The molecule has 1 aromatic heterocycles. The zero-order valence-electron chi connectivity index (χ0n) is 15.2. The lowest BCUT2D eigenvalue weighted by atomic mass is 10.1. The fourth-order valence-electron chi connectivity index (χ4n) is 3.91. The van der Waals surface area contributed by atoms with Crippen molar-refractivity contribution in [3.63, 3.8) is 0 Å². The van der Waals surface area contributed by atoms with Gasteiger partial charge in [0, 0.05) is 16.7 Å². The molecule has 0 spiro atoms. The molecule has 0 radical (unpaired) electrons. The molecule has 146 valence electrons. The first-order chi connectivity index (χ1) is 13.9. The predicted molar refractivity (Wildman–Crippen MR) is 108 cm³/mol. The van der Waals surface area contributed by atoms with Crippen LogP contribution in [0.1, 0.15) is 17.9 Å². The summed E-state index contributed by atoms with van der Waals surface area (Å²) in [7, 11) is -4.05. The average molecular weight is 407 g/mol. The maximum absolute atomic E-state index is 13.1. The van der Waals surface area contributed by atoms with Gasteiger partial charge in [-0.05, 0) is 36.2 Å². The largest absolute Gasteiger partial charge is 0.480 e. The van der Waals surface area contributed by atoms with Crippen LogP contribution >= 0.6 is 0 Å². The molecule has 1 saturated carbocycles. The Labute approximate surface area is 166 Å². The van der Waals surface area contributed by atoms with Crippen LogP contribution in [0.25, 0.3) is 21.9 Å². The summed E-state index contributed by atoms with van der Waals surface area (Å²) in [5.41, 5.74) is 0.507. The van der Waals surface area contributed by atoms with Crippen LogP contribution < -0.4 is 4.72 Å². The number of rotatable bonds is 5. The number of nitrogens with one attached hydrogen (secondary N) is 1. The molecule has 0 bridgehead atoms. The molecule has 2 N–H and O–H groups in total. The van der Waals surface area contributed by atoms with E-state index in [2.05, 4.69) is 4.72 Å². The van der Waals surface area contributed by atoms with E-state index in [1.54, 1.807) is 6.07 Å². The van der Waals surface area contributed by atoms with Crippen LogP contribution in [0.15, 0.2) is 82.1 Å². The van der Waals surface area contributed by atoms with Crippen molar-refractivity contribution < 1.29 is 22.7 Å². The number of carboxylic acid groups (broad SMARTS) is 1. The number of benzene rings is 3. The molecule has 1 heterocycles. The van der Waals surface area contributed by atoms with Crippen molar-refractivity contribution in [1.29, 1.82) is 0 Å². The van der Waals surface area contributed by atoms with Gasteiger partial charge in [-0.1, -0.05) is 48.5 Å². The van der Waals surface area contributed by atoms with E-state index in [1.807, 2.05) is 54.6 Å². The van der Waals surface area contributed by atoms with Gasteiger partial charge in [-0.15, -0.1) is 0 Å². The third kappa shape index (κ3) is 2.82. The number of carboxylic acids is 1. The zero-order valence-corrected chi connectivity index (χ0v) is 16.0. The summed E-state index contributed by atoms with van der Waals surface area (Å²) >= 11 is 0. The number of para-hydroxylation sites is 1.